The fourth-order valence-electron chi connectivity index (χ4n) is 2.94. The van der Waals surface area contributed by atoms with E-state index in [9.17, 15) is 0 Å². The minimum absolute atomic E-state index is 0.715. The second-order valence-corrected chi connectivity index (χ2v) is 6.99. The van der Waals surface area contributed by atoms with Crippen molar-refractivity contribution in [2.75, 3.05) is 18.2 Å². The van der Waals surface area contributed by atoms with Crippen molar-refractivity contribution >= 4 is 23.4 Å². The Bertz CT molecular complexity index is 896. The van der Waals surface area contributed by atoms with E-state index in [0.717, 1.165) is 46.6 Å². The fourth-order valence-corrected chi connectivity index (χ4v) is 3.27. The van der Waals surface area contributed by atoms with Gasteiger partial charge in [-0.15, -0.1) is 0 Å². The van der Waals surface area contributed by atoms with Gasteiger partial charge in [0.2, 0.25) is 0 Å². The molecule has 3 aromatic rings. The molecule has 4 nitrogen and oxygen atoms in total. The number of oxime groups is 1. The van der Waals surface area contributed by atoms with Crippen LogP contribution in [-0.4, -0.2) is 23.1 Å². The highest BCUT2D eigenvalue weighted by Crippen LogP contribution is 2.16. The molecule has 0 aliphatic rings. The van der Waals surface area contributed by atoms with Gasteiger partial charge in [-0.1, -0.05) is 65.8 Å². The molecule has 0 aliphatic carbocycles. The summed E-state index contributed by atoms with van der Waals surface area (Å²) in [6.07, 6.45) is 0.866. The molecule has 0 amide bonds. The Kier molecular flexibility index (Phi) is 7.53. The number of hydrogen-bond acceptors (Lipinski definition) is 5. The molecule has 2 N–H and O–H groups in total. The highest BCUT2D eigenvalue weighted by atomic mass is 32.2. The van der Waals surface area contributed by atoms with Gasteiger partial charge in [-0.3, -0.25) is 0 Å². The van der Waals surface area contributed by atoms with Gasteiger partial charge in [-0.05, 0) is 47.8 Å². The number of nitrogens with one attached hydrogen (secondary N) is 1. The summed E-state index contributed by atoms with van der Waals surface area (Å²) in [7, 11) is 1.57. The molecular formula is C23H24N2O2S. The predicted molar refractivity (Wildman–Crippen MR) is 118 cm³/mol. The summed E-state index contributed by atoms with van der Waals surface area (Å²) in [5, 5.41) is 7.69. The Morgan fingerprint density at radius 3 is 2.39 bits per heavy atom. The average Bonchev–Trinajstić information content (AvgIpc) is 2.76. The van der Waals surface area contributed by atoms with Crippen LogP contribution in [0.15, 0.2) is 84.0 Å². The third-order valence-corrected chi connectivity index (χ3v) is 4.75. The molecule has 28 heavy (non-hydrogen) atoms. The van der Waals surface area contributed by atoms with Crippen LogP contribution in [0.2, 0.25) is 0 Å². The van der Waals surface area contributed by atoms with Crippen LogP contribution in [0.3, 0.4) is 0 Å². The van der Waals surface area contributed by atoms with Crippen LogP contribution < -0.4 is 5.32 Å². The van der Waals surface area contributed by atoms with Gasteiger partial charge in [-0.2, -0.15) is 0 Å². The first-order valence-corrected chi connectivity index (χ1v) is 10.1. The molecule has 0 bridgehead atoms. The molecule has 0 saturated carbocycles. The smallest absolute Gasteiger partial charge is 0.117 e. The number of anilines is 1. The molecule has 0 unspecified atom stereocenters. The Morgan fingerprint density at radius 1 is 0.929 bits per heavy atom. The fraction of sp³-hybridized carbons (Fsp3) is 0.174. The Labute approximate surface area is 170 Å². The summed E-state index contributed by atoms with van der Waals surface area (Å²) in [5.41, 5.74) is 6.31. The number of nitrogens with zero attached hydrogens (tertiary/aromatic N) is 1. The Morgan fingerprint density at radius 2 is 1.68 bits per heavy atom. The van der Waals surface area contributed by atoms with Crippen molar-refractivity contribution in [3.05, 3.63) is 101 Å². The summed E-state index contributed by atoms with van der Waals surface area (Å²) in [6.45, 7) is 0.717. The molecule has 0 aliphatic heterocycles. The molecule has 0 fully saturated rings. The topological polar surface area (TPSA) is 53.8 Å². The third-order valence-electron chi connectivity index (χ3n) is 4.36. The second kappa shape index (κ2) is 10.5. The lowest BCUT2D eigenvalue weighted by molar-refractivity contribution is 0.214. The van der Waals surface area contributed by atoms with Crippen LogP contribution in [0.4, 0.5) is 5.69 Å². The largest absolute Gasteiger partial charge is 0.399 e. The monoisotopic (exact) mass is 392 g/mol. The van der Waals surface area contributed by atoms with Crippen LogP contribution in [0, 0.1) is 0 Å². The van der Waals surface area contributed by atoms with Gasteiger partial charge < -0.3 is 14.7 Å². The van der Waals surface area contributed by atoms with Crippen molar-refractivity contribution < 1.29 is 9.39 Å². The number of aryl methyl sites for hydroxylation is 1. The van der Waals surface area contributed by atoms with Crippen LogP contribution >= 0.6 is 12.0 Å². The molecular weight excluding hydrogens is 368 g/mol. The SMILES string of the molecule is CO/N=C(/c1ccccc1)c1cccc(CNc2ccc(CCSO)cc2)c1. The third kappa shape index (κ3) is 5.62. The van der Waals surface area contributed by atoms with E-state index in [2.05, 4.69) is 46.9 Å². The molecule has 3 aromatic carbocycles. The lowest BCUT2D eigenvalue weighted by Gasteiger charge is -2.11. The molecule has 0 aromatic heterocycles. The zero-order chi connectivity index (χ0) is 19.6. The van der Waals surface area contributed by atoms with E-state index < -0.39 is 0 Å². The molecule has 0 heterocycles. The highest BCUT2D eigenvalue weighted by molar-refractivity contribution is 7.93. The molecule has 0 radical (unpaired) electrons. The average molecular weight is 393 g/mol. The van der Waals surface area contributed by atoms with E-state index in [4.69, 9.17) is 9.39 Å². The number of rotatable bonds is 9. The van der Waals surface area contributed by atoms with Gasteiger partial charge >= 0.3 is 0 Å². The van der Waals surface area contributed by atoms with Gasteiger partial charge in [0.1, 0.15) is 12.8 Å². The van der Waals surface area contributed by atoms with Crippen LogP contribution in [-0.2, 0) is 17.8 Å². The minimum atomic E-state index is 0.715. The van der Waals surface area contributed by atoms with Crippen molar-refractivity contribution in [2.24, 2.45) is 5.16 Å². The first-order valence-electron chi connectivity index (χ1n) is 9.15. The lowest BCUT2D eigenvalue weighted by atomic mass is 10.0. The molecule has 0 saturated heterocycles. The number of benzene rings is 3. The van der Waals surface area contributed by atoms with Crippen molar-refractivity contribution in [1.82, 2.24) is 0 Å². The first-order chi connectivity index (χ1) is 13.8. The minimum Gasteiger partial charge on any atom is -0.399 e. The van der Waals surface area contributed by atoms with Gasteiger partial charge in [0.15, 0.2) is 0 Å². The molecule has 5 heteroatoms. The van der Waals surface area contributed by atoms with Gasteiger partial charge in [0, 0.05) is 29.1 Å². The maximum Gasteiger partial charge on any atom is 0.117 e. The van der Waals surface area contributed by atoms with E-state index in [1.165, 1.54) is 5.56 Å². The van der Waals surface area contributed by atoms with E-state index in [1.54, 1.807) is 7.11 Å². The second-order valence-electron chi connectivity index (χ2n) is 6.32. The van der Waals surface area contributed by atoms with Crippen molar-refractivity contribution in [2.45, 2.75) is 13.0 Å². The lowest BCUT2D eigenvalue weighted by Crippen LogP contribution is -2.06. The quantitative estimate of drug-likeness (QED) is 0.289. The van der Waals surface area contributed by atoms with E-state index in [1.807, 2.05) is 42.5 Å². The van der Waals surface area contributed by atoms with Gasteiger partial charge in [-0.25, -0.2) is 0 Å². The van der Waals surface area contributed by atoms with E-state index >= 15 is 0 Å². The van der Waals surface area contributed by atoms with Crippen molar-refractivity contribution in [3.8, 4) is 0 Å². The van der Waals surface area contributed by atoms with Gasteiger partial charge in [0.25, 0.3) is 0 Å². The number of hydrogen-bond donors (Lipinski definition) is 2. The molecule has 3 rings (SSSR count). The Hall–Kier alpha value is -2.76. The maximum absolute atomic E-state index is 8.85. The maximum atomic E-state index is 8.85. The van der Waals surface area contributed by atoms with E-state index in [-0.39, 0.29) is 0 Å². The molecule has 0 atom stereocenters. The first kappa shape index (κ1) is 20.0. The van der Waals surface area contributed by atoms with Crippen molar-refractivity contribution in [3.63, 3.8) is 0 Å². The highest BCUT2D eigenvalue weighted by Gasteiger charge is 2.08. The van der Waals surface area contributed by atoms with Crippen LogP contribution in [0.1, 0.15) is 22.3 Å². The van der Waals surface area contributed by atoms with E-state index in [0.29, 0.717) is 12.3 Å². The summed E-state index contributed by atoms with van der Waals surface area (Å²) < 4.78 is 8.85. The summed E-state index contributed by atoms with van der Waals surface area (Å²) in [4.78, 5) is 5.08. The normalized spacial score (nSPS) is 11.3. The predicted octanol–water partition coefficient (Wildman–Crippen LogP) is 5.45. The molecule has 0 spiro atoms. The Balaban J connectivity index is 1.70. The van der Waals surface area contributed by atoms with Gasteiger partial charge in [0.05, 0.1) is 0 Å². The standard InChI is InChI=1S/C23H24N2O2S/c1-27-25-23(20-7-3-2-4-8-20)21-9-5-6-19(16-21)17-24-22-12-10-18(11-13-22)14-15-28-26/h2-13,16,24,26H,14-15,17H2,1H3/b25-23-. The zero-order valence-electron chi connectivity index (χ0n) is 15.8. The van der Waals surface area contributed by atoms with Crippen molar-refractivity contribution in [1.29, 1.82) is 0 Å². The van der Waals surface area contributed by atoms with Crippen LogP contribution in [0.5, 0.6) is 0 Å². The zero-order valence-corrected chi connectivity index (χ0v) is 16.7. The summed E-state index contributed by atoms with van der Waals surface area (Å²) in [5.74, 6) is 0.715. The summed E-state index contributed by atoms with van der Waals surface area (Å²) in [6, 6.07) is 26.7. The summed E-state index contributed by atoms with van der Waals surface area (Å²) >= 11 is 0.879. The van der Waals surface area contributed by atoms with Crippen LogP contribution in [0.25, 0.3) is 0 Å². The molecule has 144 valence electrons.